The molecular formula is C28H29BrN2O4. The van der Waals surface area contributed by atoms with E-state index in [4.69, 9.17) is 9.47 Å². The second-order valence-electron chi connectivity index (χ2n) is 8.44. The molecule has 0 fully saturated rings. The Morgan fingerprint density at radius 3 is 2.49 bits per heavy atom. The summed E-state index contributed by atoms with van der Waals surface area (Å²) in [6.45, 7) is 2.94. The molecule has 3 aromatic rings. The molecule has 0 saturated carbocycles. The molecule has 182 valence electrons. The van der Waals surface area contributed by atoms with E-state index >= 15 is 0 Å². The normalized spacial score (nSPS) is 12.7. The number of amides is 2. The Hall–Kier alpha value is -3.32. The number of nitrogens with zero attached hydrogens (tertiary/aromatic N) is 1. The van der Waals surface area contributed by atoms with Gasteiger partial charge in [-0.2, -0.15) is 0 Å². The molecule has 0 aliphatic carbocycles. The lowest BCUT2D eigenvalue weighted by Crippen LogP contribution is -2.50. The van der Waals surface area contributed by atoms with Gasteiger partial charge >= 0.3 is 0 Å². The highest BCUT2D eigenvalue weighted by atomic mass is 79.9. The second kappa shape index (κ2) is 11.9. The summed E-state index contributed by atoms with van der Waals surface area (Å²) in [5.74, 6) is 1.19. The SMILES string of the molecule is CCNC(=O)[C@H](Cc1ccccc1)N(Cc1cccc(Br)c1)C(=O)CCc1ccc2c(c1)OCO2. The number of hydrogen-bond donors (Lipinski definition) is 1. The van der Waals surface area contributed by atoms with Gasteiger partial charge in [-0.1, -0.05) is 64.5 Å². The fourth-order valence-corrected chi connectivity index (χ4v) is 4.62. The van der Waals surface area contributed by atoms with Gasteiger partial charge in [-0.15, -0.1) is 0 Å². The van der Waals surface area contributed by atoms with Gasteiger partial charge in [0.15, 0.2) is 11.5 Å². The van der Waals surface area contributed by atoms with Gasteiger partial charge in [0.05, 0.1) is 0 Å². The van der Waals surface area contributed by atoms with Crippen LogP contribution < -0.4 is 14.8 Å². The number of aryl methyl sites for hydroxylation is 1. The van der Waals surface area contributed by atoms with Crippen molar-refractivity contribution >= 4 is 27.7 Å². The zero-order valence-corrected chi connectivity index (χ0v) is 21.3. The van der Waals surface area contributed by atoms with Crippen molar-refractivity contribution in [3.8, 4) is 11.5 Å². The topological polar surface area (TPSA) is 67.9 Å². The molecular weight excluding hydrogens is 508 g/mol. The van der Waals surface area contributed by atoms with Crippen LogP contribution >= 0.6 is 15.9 Å². The third-order valence-electron chi connectivity index (χ3n) is 5.93. The lowest BCUT2D eigenvalue weighted by atomic mass is 10.0. The quantitative estimate of drug-likeness (QED) is 0.400. The zero-order valence-electron chi connectivity index (χ0n) is 19.7. The van der Waals surface area contributed by atoms with Crippen LogP contribution in [0.2, 0.25) is 0 Å². The highest BCUT2D eigenvalue weighted by Crippen LogP contribution is 2.33. The van der Waals surface area contributed by atoms with Crippen molar-refractivity contribution in [2.75, 3.05) is 13.3 Å². The Labute approximate surface area is 214 Å². The van der Waals surface area contributed by atoms with Gasteiger partial charge in [0, 0.05) is 30.4 Å². The molecule has 0 bridgehead atoms. The van der Waals surface area contributed by atoms with Crippen molar-refractivity contribution in [2.24, 2.45) is 0 Å². The monoisotopic (exact) mass is 536 g/mol. The van der Waals surface area contributed by atoms with Crippen LogP contribution in [0.4, 0.5) is 0 Å². The highest BCUT2D eigenvalue weighted by molar-refractivity contribution is 9.10. The summed E-state index contributed by atoms with van der Waals surface area (Å²) < 4.78 is 11.8. The third kappa shape index (κ3) is 6.63. The molecule has 0 radical (unpaired) electrons. The van der Waals surface area contributed by atoms with E-state index in [0.29, 0.717) is 31.7 Å². The van der Waals surface area contributed by atoms with Gasteiger partial charge in [-0.05, 0) is 54.3 Å². The van der Waals surface area contributed by atoms with Crippen LogP contribution in [0.25, 0.3) is 0 Å². The van der Waals surface area contributed by atoms with Gasteiger partial charge in [0.25, 0.3) is 0 Å². The van der Waals surface area contributed by atoms with Gasteiger partial charge in [0.1, 0.15) is 6.04 Å². The Bertz CT molecular complexity index is 1170. The van der Waals surface area contributed by atoms with E-state index in [1.807, 2.05) is 79.7 Å². The van der Waals surface area contributed by atoms with E-state index in [0.717, 1.165) is 26.9 Å². The predicted molar refractivity (Wildman–Crippen MR) is 138 cm³/mol. The Kier molecular flexibility index (Phi) is 8.42. The van der Waals surface area contributed by atoms with Crippen molar-refractivity contribution in [1.29, 1.82) is 0 Å². The number of benzene rings is 3. The first-order chi connectivity index (χ1) is 17.0. The molecule has 0 saturated heterocycles. The smallest absolute Gasteiger partial charge is 0.243 e. The van der Waals surface area contributed by atoms with E-state index in [1.54, 1.807) is 4.90 Å². The summed E-state index contributed by atoms with van der Waals surface area (Å²) in [7, 11) is 0. The number of ether oxygens (including phenoxy) is 2. The van der Waals surface area contributed by atoms with Crippen LogP contribution in [0.5, 0.6) is 11.5 Å². The third-order valence-corrected chi connectivity index (χ3v) is 6.42. The fourth-order valence-electron chi connectivity index (χ4n) is 4.17. The first-order valence-electron chi connectivity index (χ1n) is 11.8. The van der Waals surface area contributed by atoms with Gasteiger partial charge in [-0.25, -0.2) is 0 Å². The van der Waals surface area contributed by atoms with E-state index in [2.05, 4.69) is 21.2 Å². The summed E-state index contributed by atoms with van der Waals surface area (Å²) in [6.07, 6.45) is 1.26. The standard InChI is InChI=1S/C28H29BrN2O4/c1-2-30-28(33)24(16-20-7-4-3-5-8-20)31(18-22-9-6-10-23(29)15-22)27(32)14-12-21-11-13-25-26(17-21)35-19-34-25/h3-11,13,15,17,24H,2,12,14,16,18-19H2,1H3,(H,30,33)/t24-/m0/s1. The maximum atomic E-state index is 13.7. The number of carbonyl (C=O) groups excluding carboxylic acids is 2. The number of likely N-dealkylation sites (N-methyl/N-ethyl adjacent to an activating group) is 1. The van der Waals surface area contributed by atoms with Crippen LogP contribution in [-0.2, 0) is 29.0 Å². The minimum absolute atomic E-state index is 0.0742. The molecule has 1 aliphatic heterocycles. The zero-order chi connectivity index (χ0) is 24.6. The fraction of sp³-hybridized carbons (Fsp3) is 0.286. The van der Waals surface area contributed by atoms with Gasteiger partial charge in [0.2, 0.25) is 18.6 Å². The van der Waals surface area contributed by atoms with Crippen molar-refractivity contribution in [2.45, 2.75) is 38.8 Å². The van der Waals surface area contributed by atoms with Crippen LogP contribution in [0.3, 0.4) is 0 Å². The minimum atomic E-state index is -0.624. The second-order valence-corrected chi connectivity index (χ2v) is 9.35. The average molecular weight is 537 g/mol. The number of carbonyl (C=O) groups is 2. The molecule has 0 spiro atoms. The first kappa shape index (κ1) is 24.8. The molecule has 7 heteroatoms. The van der Waals surface area contributed by atoms with Crippen LogP contribution in [0.1, 0.15) is 30.0 Å². The number of hydrogen-bond acceptors (Lipinski definition) is 4. The lowest BCUT2D eigenvalue weighted by molar-refractivity contribution is -0.141. The molecule has 3 aromatic carbocycles. The van der Waals surface area contributed by atoms with E-state index in [9.17, 15) is 9.59 Å². The Balaban J connectivity index is 1.58. The van der Waals surface area contributed by atoms with Crippen molar-refractivity contribution < 1.29 is 19.1 Å². The van der Waals surface area contributed by atoms with Crippen LogP contribution in [0.15, 0.2) is 77.3 Å². The van der Waals surface area contributed by atoms with Crippen LogP contribution in [0, 0.1) is 0 Å². The average Bonchev–Trinajstić information content (AvgIpc) is 3.33. The van der Waals surface area contributed by atoms with Crippen molar-refractivity contribution in [3.05, 3.63) is 94.0 Å². The summed E-state index contributed by atoms with van der Waals surface area (Å²) in [6, 6.07) is 22.8. The lowest BCUT2D eigenvalue weighted by Gasteiger charge is -2.31. The number of halogens is 1. The summed E-state index contributed by atoms with van der Waals surface area (Å²) in [4.78, 5) is 28.6. The van der Waals surface area contributed by atoms with Gasteiger partial charge < -0.3 is 19.7 Å². The molecule has 1 aliphatic rings. The largest absolute Gasteiger partial charge is 0.454 e. The molecule has 1 N–H and O–H groups in total. The Morgan fingerprint density at radius 2 is 1.71 bits per heavy atom. The summed E-state index contributed by atoms with van der Waals surface area (Å²) in [5, 5.41) is 2.93. The number of fused-ring (bicyclic) bond motifs is 1. The molecule has 2 amide bonds. The highest BCUT2D eigenvalue weighted by Gasteiger charge is 2.30. The van der Waals surface area contributed by atoms with Gasteiger partial charge in [-0.3, -0.25) is 9.59 Å². The Morgan fingerprint density at radius 1 is 0.943 bits per heavy atom. The molecule has 0 aromatic heterocycles. The minimum Gasteiger partial charge on any atom is -0.454 e. The van der Waals surface area contributed by atoms with E-state index in [1.165, 1.54) is 0 Å². The molecule has 0 unspecified atom stereocenters. The molecule has 35 heavy (non-hydrogen) atoms. The number of nitrogens with one attached hydrogen (secondary N) is 1. The maximum Gasteiger partial charge on any atom is 0.243 e. The van der Waals surface area contributed by atoms with Crippen molar-refractivity contribution in [3.63, 3.8) is 0 Å². The predicted octanol–water partition coefficient (Wildman–Crippen LogP) is 4.89. The summed E-state index contributed by atoms with van der Waals surface area (Å²) in [5.41, 5.74) is 2.95. The molecule has 4 rings (SSSR count). The molecule has 6 nitrogen and oxygen atoms in total. The van der Waals surface area contributed by atoms with E-state index in [-0.39, 0.29) is 25.0 Å². The van der Waals surface area contributed by atoms with E-state index < -0.39 is 6.04 Å². The molecule has 1 heterocycles. The summed E-state index contributed by atoms with van der Waals surface area (Å²) >= 11 is 3.51. The number of rotatable bonds is 10. The maximum absolute atomic E-state index is 13.7. The van der Waals surface area contributed by atoms with Crippen molar-refractivity contribution in [1.82, 2.24) is 10.2 Å². The first-order valence-corrected chi connectivity index (χ1v) is 12.6. The van der Waals surface area contributed by atoms with Crippen LogP contribution in [-0.4, -0.2) is 36.1 Å². The molecule has 1 atom stereocenters.